The molecule has 2 amide bonds. The van der Waals surface area contributed by atoms with Gasteiger partial charge in [-0.1, -0.05) is 73.9 Å². The maximum absolute atomic E-state index is 13.6. The number of ether oxygens (including phenoxy) is 1. The van der Waals surface area contributed by atoms with E-state index in [4.69, 9.17) is 15.9 Å². The van der Waals surface area contributed by atoms with Crippen LogP contribution in [0.2, 0.25) is 0 Å². The zero-order chi connectivity index (χ0) is 30.9. The fourth-order valence-corrected chi connectivity index (χ4v) is 5.47. The third-order valence-corrected chi connectivity index (χ3v) is 7.91. The van der Waals surface area contributed by atoms with E-state index in [2.05, 4.69) is 10.6 Å². The van der Waals surface area contributed by atoms with Gasteiger partial charge in [0, 0.05) is 28.9 Å². The second-order valence-corrected chi connectivity index (χ2v) is 11.0. The lowest BCUT2D eigenvalue weighted by Crippen LogP contribution is -2.30. The van der Waals surface area contributed by atoms with Crippen LogP contribution in [-0.4, -0.2) is 30.2 Å². The van der Waals surface area contributed by atoms with E-state index in [0.29, 0.717) is 46.0 Å². The van der Waals surface area contributed by atoms with Gasteiger partial charge < -0.3 is 21.1 Å². The molecule has 0 aromatic heterocycles. The van der Waals surface area contributed by atoms with E-state index >= 15 is 0 Å². The number of nitrogen functional groups attached to an aromatic ring is 1. The fraction of sp³-hybridized carbons (Fsp3) is 0.222. The van der Waals surface area contributed by atoms with Gasteiger partial charge in [0.15, 0.2) is 0 Å². The molecule has 5 rings (SSSR count). The molecule has 4 aromatic carbocycles. The second kappa shape index (κ2) is 14.3. The summed E-state index contributed by atoms with van der Waals surface area (Å²) in [5.41, 5.74) is 9.34. The van der Waals surface area contributed by atoms with E-state index in [9.17, 15) is 14.4 Å². The molecule has 0 heterocycles. The molecule has 0 radical (unpaired) electrons. The molecule has 0 saturated heterocycles. The molecule has 1 aliphatic rings. The first-order valence-corrected chi connectivity index (χ1v) is 14.9. The first kappa shape index (κ1) is 30.2. The Morgan fingerprint density at radius 2 is 1.41 bits per heavy atom. The van der Waals surface area contributed by atoms with Crippen LogP contribution in [0.25, 0.3) is 11.1 Å². The molecule has 0 spiro atoms. The summed E-state index contributed by atoms with van der Waals surface area (Å²) in [6, 6.07) is 27.9. The van der Waals surface area contributed by atoms with Crippen LogP contribution in [0.1, 0.15) is 74.3 Å². The van der Waals surface area contributed by atoms with Gasteiger partial charge in [0.2, 0.25) is 0 Å². The molecule has 1 fully saturated rings. The number of benzene rings is 4. The number of carbonyl (C=O) groups excluding carboxylic acids is 3. The van der Waals surface area contributed by atoms with Crippen molar-refractivity contribution in [2.75, 3.05) is 11.9 Å². The summed E-state index contributed by atoms with van der Waals surface area (Å²) in [5, 5.41) is 13.5. The highest BCUT2D eigenvalue weighted by Crippen LogP contribution is 2.30. The summed E-state index contributed by atoms with van der Waals surface area (Å²) in [7, 11) is 0. The monoisotopic (exact) mass is 588 g/mol. The van der Waals surface area contributed by atoms with Crippen LogP contribution in [0.5, 0.6) is 0 Å². The highest BCUT2D eigenvalue weighted by molar-refractivity contribution is 6.11. The Morgan fingerprint density at radius 3 is 2.14 bits per heavy atom. The maximum Gasteiger partial charge on any atom is 0.339 e. The Hall–Kier alpha value is -5.24. The van der Waals surface area contributed by atoms with E-state index in [1.807, 2.05) is 30.3 Å². The smallest absolute Gasteiger partial charge is 0.339 e. The quantitative estimate of drug-likeness (QED) is 0.0946. The number of anilines is 1. The average molecular weight is 589 g/mol. The number of amidine groups is 1. The van der Waals surface area contributed by atoms with Crippen molar-refractivity contribution in [3.63, 3.8) is 0 Å². The van der Waals surface area contributed by atoms with Gasteiger partial charge in [0.25, 0.3) is 11.8 Å². The molecule has 8 nitrogen and oxygen atoms in total. The number of hydrogen-bond donors (Lipinski definition) is 4. The van der Waals surface area contributed by atoms with E-state index in [0.717, 1.165) is 18.4 Å². The van der Waals surface area contributed by atoms with Crippen molar-refractivity contribution in [1.82, 2.24) is 5.32 Å². The molecule has 1 saturated carbocycles. The van der Waals surface area contributed by atoms with Gasteiger partial charge in [-0.3, -0.25) is 15.0 Å². The summed E-state index contributed by atoms with van der Waals surface area (Å²) in [4.78, 5) is 40.2. The molecule has 44 heavy (non-hydrogen) atoms. The Labute approximate surface area is 257 Å². The topological polar surface area (TPSA) is 134 Å². The van der Waals surface area contributed by atoms with Crippen molar-refractivity contribution in [3.05, 3.63) is 125 Å². The third kappa shape index (κ3) is 7.58. The molecule has 4 aromatic rings. The second-order valence-electron chi connectivity index (χ2n) is 11.0. The summed E-state index contributed by atoms with van der Waals surface area (Å²) in [6.45, 7) is 0.667. The standard InChI is InChI=1S/C36H36N4O4/c37-33(38)26-15-18-28(19-16-26)40-35(42)31-14-8-7-13-29(31)30-20-17-27(34(41)39-22-24-9-3-1-4-10-24)21-32(30)36(43)44-23-25-11-5-2-6-12-25/h2,5-8,11-21,24H,1,3-4,9-10,22-23H2,(H3,37,38)(H,39,41)(H,40,42). The highest BCUT2D eigenvalue weighted by atomic mass is 16.5. The predicted octanol–water partition coefficient (Wildman–Crippen LogP) is 6.56. The maximum atomic E-state index is 13.6. The van der Waals surface area contributed by atoms with E-state index in [1.165, 1.54) is 19.3 Å². The average Bonchev–Trinajstić information content (AvgIpc) is 3.07. The number of esters is 1. The molecular formula is C36H36N4O4. The molecule has 0 unspecified atom stereocenters. The lowest BCUT2D eigenvalue weighted by Gasteiger charge is -2.22. The van der Waals surface area contributed by atoms with Gasteiger partial charge in [-0.05, 0) is 77.9 Å². The predicted molar refractivity (Wildman–Crippen MR) is 172 cm³/mol. The summed E-state index contributed by atoms with van der Waals surface area (Å²) >= 11 is 0. The Bertz CT molecular complexity index is 1640. The number of carbonyl (C=O) groups is 3. The number of nitrogens with one attached hydrogen (secondary N) is 3. The van der Waals surface area contributed by atoms with Crippen LogP contribution in [0.15, 0.2) is 97.1 Å². The minimum absolute atomic E-state index is 0.0639. The zero-order valence-corrected chi connectivity index (χ0v) is 24.5. The minimum atomic E-state index is -0.596. The first-order chi connectivity index (χ1) is 21.4. The molecule has 0 aliphatic heterocycles. The van der Waals surface area contributed by atoms with E-state index < -0.39 is 5.97 Å². The Balaban J connectivity index is 1.43. The fourth-order valence-electron chi connectivity index (χ4n) is 5.47. The molecular weight excluding hydrogens is 552 g/mol. The molecule has 8 heteroatoms. The molecule has 0 atom stereocenters. The number of rotatable bonds is 10. The van der Waals surface area contributed by atoms with Crippen molar-refractivity contribution in [1.29, 1.82) is 5.41 Å². The zero-order valence-electron chi connectivity index (χ0n) is 24.5. The third-order valence-electron chi connectivity index (χ3n) is 7.91. The van der Waals surface area contributed by atoms with Gasteiger partial charge in [-0.2, -0.15) is 0 Å². The first-order valence-electron chi connectivity index (χ1n) is 14.9. The normalized spacial score (nSPS) is 13.1. The largest absolute Gasteiger partial charge is 0.457 e. The lowest BCUT2D eigenvalue weighted by molar-refractivity contribution is 0.0473. The minimum Gasteiger partial charge on any atom is -0.457 e. The van der Waals surface area contributed by atoms with Crippen molar-refractivity contribution in [2.24, 2.45) is 11.7 Å². The molecule has 224 valence electrons. The lowest BCUT2D eigenvalue weighted by atomic mass is 9.89. The highest BCUT2D eigenvalue weighted by Gasteiger charge is 2.22. The van der Waals surface area contributed by atoms with Crippen LogP contribution in [-0.2, 0) is 11.3 Å². The number of amides is 2. The Morgan fingerprint density at radius 1 is 0.750 bits per heavy atom. The van der Waals surface area contributed by atoms with Crippen LogP contribution in [0.3, 0.4) is 0 Å². The number of nitrogens with two attached hydrogens (primary N) is 1. The van der Waals surface area contributed by atoms with Crippen LogP contribution < -0.4 is 16.4 Å². The summed E-state index contributed by atoms with van der Waals surface area (Å²) < 4.78 is 5.69. The van der Waals surface area contributed by atoms with Gasteiger partial charge in [-0.25, -0.2) is 4.79 Å². The van der Waals surface area contributed by atoms with Crippen molar-refractivity contribution in [3.8, 4) is 11.1 Å². The van der Waals surface area contributed by atoms with Crippen molar-refractivity contribution in [2.45, 2.75) is 38.7 Å². The van der Waals surface area contributed by atoms with E-state index in [1.54, 1.807) is 66.7 Å². The molecule has 0 bridgehead atoms. The SMILES string of the molecule is N=C(N)c1ccc(NC(=O)c2ccccc2-c2ccc(C(=O)NCC3CCCCC3)cc2C(=O)OCc2ccccc2)cc1. The van der Waals surface area contributed by atoms with Crippen LogP contribution >= 0.6 is 0 Å². The van der Waals surface area contributed by atoms with Crippen molar-refractivity contribution < 1.29 is 19.1 Å². The molecule has 5 N–H and O–H groups in total. The van der Waals surface area contributed by atoms with Gasteiger partial charge >= 0.3 is 5.97 Å². The molecule has 1 aliphatic carbocycles. The summed E-state index contributed by atoms with van der Waals surface area (Å²) in [6.07, 6.45) is 5.82. The van der Waals surface area contributed by atoms with Gasteiger partial charge in [0.1, 0.15) is 12.4 Å². The van der Waals surface area contributed by atoms with Crippen LogP contribution in [0, 0.1) is 11.3 Å². The Kier molecular flexibility index (Phi) is 9.81. The summed E-state index contributed by atoms with van der Waals surface area (Å²) in [5.74, 6) is -0.827. The van der Waals surface area contributed by atoms with Gasteiger partial charge in [-0.15, -0.1) is 0 Å². The van der Waals surface area contributed by atoms with Crippen molar-refractivity contribution >= 4 is 29.3 Å². The number of hydrogen-bond acceptors (Lipinski definition) is 5. The van der Waals surface area contributed by atoms with Crippen LogP contribution in [0.4, 0.5) is 5.69 Å². The van der Waals surface area contributed by atoms with Gasteiger partial charge in [0.05, 0.1) is 5.56 Å². The van der Waals surface area contributed by atoms with E-state index in [-0.39, 0.29) is 29.8 Å².